The second-order valence-electron chi connectivity index (χ2n) is 8.31. The van der Waals surface area contributed by atoms with Crippen LogP contribution in [0.15, 0.2) is 72.8 Å². The van der Waals surface area contributed by atoms with Crippen LogP contribution in [0.1, 0.15) is 51.5 Å². The molecular formula is C27H28O2S. The molecule has 4 atom stereocenters. The van der Waals surface area contributed by atoms with Crippen LogP contribution in [0.3, 0.4) is 0 Å². The second-order valence-corrected chi connectivity index (χ2v) is 9.66. The third-order valence-electron chi connectivity index (χ3n) is 6.80. The molecule has 154 valence electrons. The van der Waals surface area contributed by atoms with Crippen molar-refractivity contribution in [2.24, 2.45) is 5.92 Å². The largest absolute Gasteiger partial charge is 0.493 e. The maximum absolute atomic E-state index is 5.64. The average molecular weight is 417 g/mol. The maximum atomic E-state index is 5.64. The summed E-state index contributed by atoms with van der Waals surface area (Å²) in [6.07, 6.45) is 3.58. The summed E-state index contributed by atoms with van der Waals surface area (Å²) in [5.74, 6) is 2.78. The second kappa shape index (κ2) is 8.39. The number of rotatable bonds is 4. The molecule has 1 aliphatic heterocycles. The fourth-order valence-electron chi connectivity index (χ4n) is 5.32. The molecule has 3 aromatic carbocycles. The van der Waals surface area contributed by atoms with E-state index in [1.54, 1.807) is 19.8 Å². The van der Waals surface area contributed by atoms with Gasteiger partial charge in [0.1, 0.15) is 0 Å². The first-order valence-electron chi connectivity index (χ1n) is 10.8. The Morgan fingerprint density at radius 2 is 1.57 bits per heavy atom. The van der Waals surface area contributed by atoms with Gasteiger partial charge in [-0.2, -0.15) is 0 Å². The molecule has 4 unspecified atom stereocenters. The van der Waals surface area contributed by atoms with Gasteiger partial charge in [-0.05, 0) is 65.5 Å². The summed E-state index contributed by atoms with van der Waals surface area (Å²) < 4.78 is 11.1. The van der Waals surface area contributed by atoms with Gasteiger partial charge in [0.25, 0.3) is 0 Å². The van der Waals surface area contributed by atoms with E-state index >= 15 is 0 Å². The van der Waals surface area contributed by atoms with E-state index in [9.17, 15) is 0 Å². The van der Waals surface area contributed by atoms with Gasteiger partial charge in [0.2, 0.25) is 0 Å². The Hall–Kier alpha value is -2.39. The minimum Gasteiger partial charge on any atom is -0.493 e. The first-order chi connectivity index (χ1) is 14.8. The number of methoxy groups -OCH3 is 2. The predicted octanol–water partition coefficient (Wildman–Crippen LogP) is 6.97. The highest BCUT2D eigenvalue weighted by Gasteiger charge is 2.42. The van der Waals surface area contributed by atoms with Crippen molar-refractivity contribution in [1.29, 1.82) is 0 Å². The van der Waals surface area contributed by atoms with E-state index in [-0.39, 0.29) is 0 Å². The molecule has 1 fully saturated rings. The highest BCUT2D eigenvalue weighted by Crippen LogP contribution is 2.61. The minimum atomic E-state index is 0.497. The average Bonchev–Trinajstić information content (AvgIpc) is 2.83. The van der Waals surface area contributed by atoms with Crippen molar-refractivity contribution in [3.63, 3.8) is 0 Å². The zero-order chi connectivity index (χ0) is 20.5. The SMILES string of the molecule is COc1ccc(C2CC(c3ccccc3)SC3c4ccccc4CCC23)cc1OC. The molecule has 5 rings (SSSR count). The Kier molecular flexibility index (Phi) is 5.47. The van der Waals surface area contributed by atoms with Crippen molar-refractivity contribution in [1.82, 2.24) is 0 Å². The van der Waals surface area contributed by atoms with Crippen LogP contribution in [0.4, 0.5) is 0 Å². The lowest BCUT2D eigenvalue weighted by atomic mass is 9.71. The molecule has 30 heavy (non-hydrogen) atoms. The number of hydrogen-bond donors (Lipinski definition) is 0. The van der Waals surface area contributed by atoms with Gasteiger partial charge < -0.3 is 9.47 Å². The fourth-order valence-corrected chi connectivity index (χ4v) is 7.21. The van der Waals surface area contributed by atoms with Gasteiger partial charge in [-0.1, -0.05) is 60.7 Å². The Labute approximate surface area is 183 Å². The Morgan fingerprint density at radius 1 is 0.800 bits per heavy atom. The molecule has 0 saturated carbocycles. The van der Waals surface area contributed by atoms with Crippen LogP contribution in [-0.4, -0.2) is 14.2 Å². The summed E-state index contributed by atoms with van der Waals surface area (Å²) in [7, 11) is 3.43. The predicted molar refractivity (Wildman–Crippen MR) is 125 cm³/mol. The van der Waals surface area contributed by atoms with E-state index in [4.69, 9.17) is 9.47 Å². The van der Waals surface area contributed by atoms with Crippen molar-refractivity contribution in [3.8, 4) is 11.5 Å². The molecule has 0 radical (unpaired) electrons. The third kappa shape index (κ3) is 3.50. The van der Waals surface area contributed by atoms with E-state index in [0.29, 0.717) is 22.3 Å². The summed E-state index contributed by atoms with van der Waals surface area (Å²) >= 11 is 2.17. The Morgan fingerprint density at radius 3 is 2.37 bits per heavy atom. The fraction of sp³-hybridized carbons (Fsp3) is 0.333. The van der Waals surface area contributed by atoms with Gasteiger partial charge in [-0.3, -0.25) is 0 Å². The smallest absolute Gasteiger partial charge is 0.160 e. The van der Waals surface area contributed by atoms with Gasteiger partial charge in [0.05, 0.1) is 14.2 Å². The summed E-state index contributed by atoms with van der Waals surface area (Å²) in [6, 6.07) is 26.6. The molecule has 3 heteroatoms. The van der Waals surface area contributed by atoms with Crippen molar-refractivity contribution in [2.75, 3.05) is 14.2 Å². The number of aryl methyl sites for hydroxylation is 1. The number of ether oxygens (including phenoxy) is 2. The monoisotopic (exact) mass is 416 g/mol. The molecular weight excluding hydrogens is 388 g/mol. The van der Waals surface area contributed by atoms with Crippen LogP contribution in [0.25, 0.3) is 0 Å². The number of hydrogen-bond acceptors (Lipinski definition) is 3. The molecule has 1 heterocycles. The molecule has 0 spiro atoms. The molecule has 0 amide bonds. The van der Waals surface area contributed by atoms with Crippen molar-refractivity contribution in [3.05, 3.63) is 95.1 Å². The van der Waals surface area contributed by atoms with Crippen molar-refractivity contribution >= 4 is 11.8 Å². The van der Waals surface area contributed by atoms with Crippen molar-refractivity contribution < 1.29 is 9.47 Å². The topological polar surface area (TPSA) is 18.5 Å². The molecule has 2 aliphatic rings. The van der Waals surface area contributed by atoms with E-state index < -0.39 is 0 Å². The van der Waals surface area contributed by atoms with Crippen LogP contribution in [0, 0.1) is 5.92 Å². The summed E-state index contributed by atoms with van der Waals surface area (Å²) in [5.41, 5.74) is 5.90. The number of benzene rings is 3. The number of thioether (sulfide) groups is 1. The number of fused-ring (bicyclic) bond motifs is 3. The zero-order valence-corrected chi connectivity index (χ0v) is 18.4. The van der Waals surface area contributed by atoms with E-state index in [2.05, 4.69) is 84.6 Å². The quantitative estimate of drug-likeness (QED) is 0.457. The Bertz CT molecular complexity index is 1020. The highest BCUT2D eigenvalue weighted by molar-refractivity contribution is 7.99. The molecule has 2 nitrogen and oxygen atoms in total. The van der Waals surface area contributed by atoms with Crippen LogP contribution >= 0.6 is 11.8 Å². The summed E-state index contributed by atoms with van der Waals surface area (Å²) in [4.78, 5) is 0. The van der Waals surface area contributed by atoms with Crippen LogP contribution < -0.4 is 9.47 Å². The van der Waals surface area contributed by atoms with Gasteiger partial charge in [0.15, 0.2) is 11.5 Å². The maximum Gasteiger partial charge on any atom is 0.160 e. The van der Waals surface area contributed by atoms with E-state index in [0.717, 1.165) is 17.9 Å². The highest BCUT2D eigenvalue weighted by atomic mass is 32.2. The van der Waals surface area contributed by atoms with E-state index in [1.165, 1.54) is 29.5 Å². The van der Waals surface area contributed by atoms with Crippen molar-refractivity contribution in [2.45, 2.75) is 35.7 Å². The van der Waals surface area contributed by atoms with Crippen LogP contribution in [0.2, 0.25) is 0 Å². The van der Waals surface area contributed by atoms with Crippen LogP contribution in [0.5, 0.6) is 11.5 Å². The van der Waals surface area contributed by atoms with E-state index in [1.807, 2.05) is 0 Å². The summed E-state index contributed by atoms with van der Waals surface area (Å²) in [5, 5.41) is 1.03. The zero-order valence-electron chi connectivity index (χ0n) is 17.6. The standard InChI is InChI=1S/C27H28O2S/c1-28-24-15-13-20(16-25(24)29-2)23-17-26(19-9-4-3-5-10-19)30-27-21-11-7-6-8-18(21)12-14-22(23)27/h3-11,13,15-16,22-23,26-27H,12,14,17H2,1-2H3. The molecule has 0 N–H and O–H groups in total. The Balaban J connectivity index is 1.57. The lowest BCUT2D eigenvalue weighted by Gasteiger charge is -2.45. The van der Waals surface area contributed by atoms with Gasteiger partial charge in [-0.25, -0.2) is 0 Å². The van der Waals surface area contributed by atoms with Gasteiger partial charge in [-0.15, -0.1) is 11.8 Å². The lowest BCUT2D eigenvalue weighted by Crippen LogP contribution is -2.30. The van der Waals surface area contributed by atoms with Gasteiger partial charge >= 0.3 is 0 Å². The first kappa shape index (κ1) is 19.6. The molecule has 0 aromatic heterocycles. The van der Waals surface area contributed by atoms with Crippen LogP contribution in [-0.2, 0) is 6.42 Å². The molecule has 0 bridgehead atoms. The normalized spacial score (nSPS) is 25.1. The molecule has 1 aliphatic carbocycles. The lowest BCUT2D eigenvalue weighted by molar-refractivity contribution is 0.330. The first-order valence-corrected chi connectivity index (χ1v) is 11.7. The third-order valence-corrected chi connectivity index (χ3v) is 8.49. The van der Waals surface area contributed by atoms with Gasteiger partial charge in [0, 0.05) is 10.5 Å². The summed E-state index contributed by atoms with van der Waals surface area (Å²) in [6.45, 7) is 0. The molecule has 3 aromatic rings. The minimum absolute atomic E-state index is 0.497. The molecule has 1 saturated heterocycles.